The van der Waals surface area contributed by atoms with E-state index in [0.717, 1.165) is 18.8 Å². The first-order valence-electron chi connectivity index (χ1n) is 7.07. The van der Waals surface area contributed by atoms with E-state index in [4.69, 9.17) is 23.2 Å². The zero-order chi connectivity index (χ0) is 16.8. The normalized spacial score (nSPS) is 10.7. The topological polar surface area (TPSA) is 57.3 Å². The van der Waals surface area contributed by atoms with Crippen molar-refractivity contribution in [3.63, 3.8) is 0 Å². The molecule has 7 heteroatoms. The summed E-state index contributed by atoms with van der Waals surface area (Å²) in [6.07, 6.45) is 1.63. The molecule has 0 fully saturated rings. The molecule has 1 amide bonds. The van der Waals surface area contributed by atoms with Gasteiger partial charge >= 0.3 is 0 Å². The molecule has 2 aromatic rings. The largest absolute Gasteiger partial charge is 0.383 e. The number of rotatable bonds is 6. The molecule has 0 saturated heterocycles. The highest BCUT2D eigenvalue weighted by Crippen LogP contribution is 2.25. The van der Waals surface area contributed by atoms with Gasteiger partial charge in [-0.2, -0.15) is 0 Å². The van der Waals surface area contributed by atoms with E-state index < -0.39 is 0 Å². The number of likely N-dealkylation sites (N-methyl/N-ethyl adjacent to an activating group) is 1. The lowest BCUT2D eigenvalue weighted by atomic mass is 10.2. The molecule has 0 unspecified atom stereocenters. The molecule has 5 nitrogen and oxygen atoms in total. The van der Waals surface area contributed by atoms with Crippen LogP contribution in [0.25, 0.3) is 0 Å². The Labute approximate surface area is 145 Å². The number of carbonyl (C=O) groups is 1. The zero-order valence-corrected chi connectivity index (χ0v) is 14.4. The summed E-state index contributed by atoms with van der Waals surface area (Å²) in [5, 5.41) is 6.85. The Morgan fingerprint density at radius 3 is 2.65 bits per heavy atom. The average molecular weight is 353 g/mol. The Morgan fingerprint density at radius 1 is 1.22 bits per heavy atom. The van der Waals surface area contributed by atoms with Crippen molar-refractivity contribution in [2.24, 2.45) is 0 Å². The first kappa shape index (κ1) is 17.5. The molecule has 2 N–H and O–H groups in total. The van der Waals surface area contributed by atoms with E-state index in [1.807, 2.05) is 20.2 Å². The maximum absolute atomic E-state index is 12.2. The Kier molecular flexibility index (Phi) is 6.21. The molecule has 0 spiro atoms. The minimum atomic E-state index is -0.339. The zero-order valence-electron chi connectivity index (χ0n) is 12.9. The van der Waals surface area contributed by atoms with Gasteiger partial charge in [0.25, 0.3) is 5.91 Å². The predicted molar refractivity (Wildman–Crippen MR) is 95.7 cm³/mol. The molecule has 1 heterocycles. The summed E-state index contributed by atoms with van der Waals surface area (Å²) in [6, 6.07) is 8.36. The Balaban J connectivity index is 1.98. The van der Waals surface area contributed by atoms with E-state index in [9.17, 15) is 4.79 Å². The smallest absolute Gasteiger partial charge is 0.274 e. The van der Waals surface area contributed by atoms with Crippen LogP contribution in [-0.4, -0.2) is 43.0 Å². The quantitative estimate of drug-likeness (QED) is 0.833. The maximum atomic E-state index is 12.2. The van der Waals surface area contributed by atoms with Gasteiger partial charge in [-0.25, -0.2) is 4.98 Å². The predicted octanol–water partition coefficient (Wildman–Crippen LogP) is 3.61. The Bertz CT molecular complexity index is 674. The number of halogens is 2. The van der Waals surface area contributed by atoms with Crippen LogP contribution in [0.3, 0.4) is 0 Å². The fourth-order valence-electron chi connectivity index (χ4n) is 1.84. The summed E-state index contributed by atoms with van der Waals surface area (Å²) >= 11 is 11.9. The van der Waals surface area contributed by atoms with Crippen molar-refractivity contribution in [3.05, 3.63) is 52.3 Å². The second kappa shape index (κ2) is 8.15. The summed E-state index contributed by atoms with van der Waals surface area (Å²) in [6.45, 7) is 1.72. The molecule has 0 aliphatic rings. The molecule has 1 aromatic carbocycles. The number of anilines is 2. The highest BCUT2D eigenvalue weighted by molar-refractivity contribution is 6.35. The molecule has 1 aromatic heterocycles. The van der Waals surface area contributed by atoms with Crippen LogP contribution in [0.2, 0.25) is 10.0 Å². The molecule has 0 radical (unpaired) electrons. The van der Waals surface area contributed by atoms with E-state index in [0.29, 0.717) is 21.4 Å². The SMILES string of the molecule is CN(C)CCNc1ccc(C(=O)Nc2cc(Cl)ccc2Cl)nc1. The molecule has 0 aliphatic carbocycles. The van der Waals surface area contributed by atoms with Gasteiger partial charge in [0.15, 0.2) is 0 Å². The fourth-order valence-corrected chi connectivity index (χ4v) is 2.17. The van der Waals surface area contributed by atoms with Crippen molar-refractivity contribution in [2.75, 3.05) is 37.8 Å². The number of aromatic nitrogens is 1. The molecular formula is C16H18Cl2N4O. The van der Waals surface area contributed by atoms with Gasteiger partial charge in [0, 0.05) is 18.1 Å². The second-order valence-electron chi connectivity index (χ2n) is 5.24. The van der Waals surface area contributed by atoms with Crippen LogP contribution in [0, 0.1) is 0 Å². The van der Waals surface area contributed by atoms with E-state index in [1.165, 1.54) is 0 Å². The van der Waals surface area contributed by atoms with Gasteiger partial charge in [0.1, 0.15) is 5.69 Å². The van der Waals surface area contributed by atoms with Crippen molar-refractivity contribution in [1.29, 1.82) is 0 Å². The number of carbonyl (C=O) groups excluding carboxylic acids is 1. The summed E-state index contributed by atoms with van der Waals surface area (Å²) < 4.78 is 0. The van der Waals surface area contributed by atoms with Gasteiger partial charge in [-0.1, -0.05) is 23.2 Å². The van der Waals surface area contributed by atoms with E-state index in [1.54, 1.807) is 30.5 Å². The van der Waals surface area contributed by atoms with E-state index >= 15 is 0 Å². The number of pyridine rings is 1. The van der Waals surface area contributed by atoms with Gasteiger partial charge in [-0.15, -0.1) is 0 Å². The van der Waals surface area contributed by atoms with Crippen molar-refractivity contribution in [2.45, 2.75) is 0 Å². The number of hydrogen-bond donors (Lipinski definition) is 2. The highest BCUT2D eigenvalue weighted by atomic mass is 35.5. The number of nitrogens with one attached hydrogen (secondary N) is 2. The van der Waals surface area contributed by atoms with Crippen LogP contribution in [0.4, 0.5) is 11.4 Å². The van der Waals surface area contributed by atoms with Gasteiger partial charge in [0.2, 0.25) is 0 Å². The van der Waals surface area contributed by atoms with Crippen LogP contribution in [0.1, 0.15) is 10.5 Å². The molecular weight excluding hydrogens is 335 g/mol. The number of amides is 1. The highest BCUT2D eigenvalue weighted by Gasteiger charge is 2.10. The van der Waals surface area contributed by atoms with Crippen LogP contribution >= 0.6 is 23.2 Å². The van der Waals surface area contributed by atoms with Gasteiger partial charge in [-0.3, -0.25) is 4.79 Å². The van der Waals surface area contributed by atoms with Crippen LogP contribution in [0.5, 0.6) is 0 Å². The number of hydrogen-bond acceptors (Lipinski definition) is 4. The number of nitrogens with zero attached hydrogens (tertiary/aromatic N) is 2. The van der Waals surface area contributed by atoms with Crippen LogP contribution in [0.15, 0.2) is 36.5 Å². The lowest BCUT2D eigenvalue weighted by Gasteiger charge is -2.11. The molecule has 2 rings (SSSR count). The minimum absolute atomic E-state index is 0.305. The molecule has 122 valence electrons. The third kappa shape index (κ3) is 5.39. The maximum Gasteiger partial charge on any atom is 0.274 e. The third-order valence-corrected chi connectivity index (χ3v) is 3.63. The van der Waals surface area contributed by atoms with Gasteiger partial charge in [0.05, 0.1) is 22.6 Å². The standard InChI is InChI=1S/C16H18Cl2N4O/c1-22(2)8-7-19-12-4-6-14(20-10-12)16(23)21-15-9-11(17)3-5-13(15)18/h3-6,9-10,19H,7-8H2,1-2H3,(H,21,23). The Morgan fingerprint density at radius 2 is 2.00 bits per heavy atom. The first-order valence-corrected chi connectivity index (χ1v) is 7.82. The van der Waals surface area contributed by atoms with Crippen LogP contribution in [-0.2, 0) is 0 Å². The lowest BCUT2D eigenvalue weighted by Crippen LogP contribution is -2.21. The fraction of sp³-hybridized carbons (Fsp3) is 0.250. The first-order chi connectivity index (χ1) is 11.0. The van der Waals surface area contributed by atoms with Crippen LogP contribution < -0.4 is 10.6 Å². The van der Waals surface area contributed by atoms with Crippen molar-refractivity contribution >= 4 is 40.5 Å². The van der Waals surface area contributed by atoms with Gasteiger partial charge < -0.3 is 15.5 Å². The molecule has 0 aliphatic heterocycles. The molecule has 0 saturated carbocycles. The Hall–Kier alpha value is -1.82. The molecule has 0 bridgehead atoms. The average Bonchev–Trinajstić information content (AvgIpc) is 2.51. The van der Waals surface area contributed by atoms with Gasteiger partial charge in [-0.05, 0) is 44.4 Å². The minimum Gasteiger partial charge on any atom is -0.383 e. The molecule has 23 heavy (non-hydrogen) atoms. The summed E-state index contributed by atoms with van der Waals surface area (Å²) in [5.74, 6) is -0.339. The van der Waals surface area contributed by atoms with Crippen molar-refractivity contribution in [3.8, 4) is 0 Å². The summed E-state index contributed by atoms with van der Waals surface area (Å²) in [4.78, 5) is 18.4. The summed E-state index contributed by atoms with van der Waals surface area (Å²) in [5.41, 5.74) is 1.63. The van der Waals surface area contributed by atoms with E-state index in [2.05, 4.69) is 20.5 Å². The number of benzene rings is 1. The lowest BCUT2D eigenvalue weighted by molar-refractivity contribution is 0.102. The third-order valence-electron chi connectivity index (χ3n) is 3.06. The second-order valence-corrected chi connectivity index (χ2v) is 6.08. The van der Waals surface area contributed by atoms with Crippen molar-refractivity contribution in [1.82, 2.24) is 9.88 Å². The summed E-state index contributed by atoms with van der Waals surface area (Å²) in [7, 11) is 4.02. The monoisotopic (exact) mass is 352 g/mol. The van der Waals surface area contributed by atoms with E-state index in [-0.39, 0.29) is 5.91 Å². The van der Waals surface area contributed by atoms with Crippen molar-refractivity contribution < 1.29 is 4.79 Å². The molecule has 0 atom stereocenters.